The minimum atomic E-state index is 0.318. The summed E-state index contributed by atoms with van der Waals surface area (Å²) in [6.45, 7) is 4.24. The predicted octanol–water partition coefficient (Wildman–Crippen LogP) is 4.99. The van der Waals surface area contributed by atoms with Crippen molar-refractivity contribution in [3.05, 3.63) is 70.6 Å². The molecule has 0 fully saturated rings. The highest BCUT2D eigenvalue weighted by molar-refractivity contribution is 6.30. The maximum absolute atomic E-state index is 5.89. The number of nitrogens with zero attached hydrogens (tertiary/aromatic N) is 1. The van der Waals surface area contributed by atoms with Crippen LogP contribution in [0, 0.1) is 19.9 Å². The van der Waals surface area contributed by atoms with Crippen LogP contribution in [0.4, 0.5) is 0 Å². The second kappa shape index (κ2) is 6.24. The van der Waals surface area contributed by atoms with E-state index in [2.05, 4.69) is 11.1 Å². The summed E-state index contributed by atoms with van der Waals surface area (Å²) in [7, 11) is 0. The van der Waals surface area contributed by atoms with Crippen LogP contribution >= 0.6 is 11.6 Å². The van der Waals surface area contributed by atoms with Crippen molar-refractivity contribution in [3.63, 3.8) is 0 Å². The van der Waals surface area contributed by atoms with Crippen LogP contribution in [-0.2, 0) is 6.61 Å². The van der Waals surface area contributed by atoms with Crippen LogP contribution in [0.25, 0.3) is 11.5 Å². The lowest BCUT2D eigenvalue weighted by molar-refractivity contribution is 0.299. The first-order valence-electron chi connectivity index (χ1n) is 6.96. The van der Waals surface area contributed by atoms with Gasteiger partial charge in [0.15, 0.2) is 0 Å². The maximum Gasteiger partial charge on any atom is 0.226 e. The van der Waals surface area contributed by atoms with Gasteiger partial charge >= 0.3 is 0 Å². The minimum absolute atomic E-state index is 0.318. The van der Waals surface area contributed by atoms with Gasteiger partial charge < -0.3 is 9.15 Å². The molecule has 0 bridgehead atoms. The van der Waals surface area contributed by atoms with Gasteiger partial charge in [0.1, 0.15) is 23.8 Å². The molecule has 1 aromatic heterocycles. The van der Waals surface area contributed by atoms with E-state index >= 15 is 0 Å². The number of aryl methyl sites for hydroxylation is 2. The Morgan fingerprint density at radius 3 is 2.73 bits per heavy atom. The minimum Gasteiger partial charge on any atom is -0.486 e. The number of aromatic nitrogens is 1. The van der Waals surface area contributed by atoms with Gasteiger partial charge in [-0.25, -0.2) is 4.98 Å². The molecule has 3 aromatic rings. The summed E-state index contributed by atoms with van der Waals surface area (Å²) in [5, 5.41) is 0.523. The van der Waals surface area contributed by atoms with Crippen molar-refractivity contribution in [2.75, 3.05) is 0 Å². The van der Waals surface area contributed by atoms with Gasteiger partial charge in [0.2, 0.25) is 5.89 Å². The Morgan fingerprint density at radius 2 is 1.95 bits per heavy atom. The number of hydrogen-bond acceptors (Lipinski definition) is 3. The van der Waals surface area contributed by atoms with Gasteiger partial charge in [-0.3, -0.25) is 0 Å². The van der Waals surface area contributed by atoms with E-state index in [0.29, 0.717) is 23.3 Å². The highest BCUT2D eigenvalue weighted by Crippen LogP contribution is 2.25. The fraction of sp³-hybridized carbons (Fsp3) is 0.167. The number of halogens is 1. The lowest BCUT2D eigenvalue weighted by Crippen LogP contribution is -1.97. The molecule has 22 heavy (non-hydrogen) atoms. The molecule has 1 heterocycles. The summed E-state index contributed by atoms with van der Waals surface area (Å²) in [5.41, 5.74) is 2.89. The van der Waals surface area contributed by atoms with E-state index in [1.807, 2.05) is 50.2 Å². The van der Waals surface area contributed by atoms with Gasteiger partial charge in [-0.15, -0.1) is 0 Å². The molecule has 0 saturated carbocycles. The third kappa shape index (κ3) is 3.15. The quantitative estimate of drug-likeness (QED) is 0.680. The van der Waals surface area contributed by atoms with E-state index in [9.17, 15) is 0 Å². The van der Waals surface area contributed by atoms with Crippen molar-refractivity contribution in [3.8, 4) is 17.2 Å². The molecule has 0 N–H and O–H groups in total. The molecule has 0 spiro atoms. The number of benzene rings is 2. The topological polar surface area (TPSA) is 35.3 Å². The monoisotopic (exact) mass is 312 g/mol. The zero-order valence-electron chi connectivity index (χ0n) is 12.4. The smallest absolute Gasteiger partial charge is 0.226 e. The van der Waals surface area contributed by atoms with E-state index < -0.39 is 0 Å². The van der Waals surface area contributed by atoms with E-state index in [-0.39, 0.29) is 0 Å². The average Bonchev–Trinajstić information content (AvgIpc) is 2.87. The van der Waals surface area contributed by atoms with Crippen LogP contribution in [0.2, 0.25) is 5.02 Å². The van der Waals surface area contributed by atoms with Crippen molar-refractivity contribution in [1.29, 1.82) is 0 Å². The standard InChI is InChI=1S/C18H15ClNO2/c1-12-6-3-4-9-16(12)18-20-17(13(2)22-18)11-21-15-8-5-7-14(19)10-15/h3-9H,11H2,1-2H3. The van der Waals surface area contributed by atoms with Gasteiger partial charge in [0.05, 0.1) is 5.02 Å². The highest BCUT2D eigenvalue weighted by atomic mass is 35.5. The molecule has 111 valence electrons. The maximum atomic E-state index is 5.89. The largest absolute Gasteiger partial charge is 0.486 e. The van der Waals surface area contributed by atoms with E-state index in [0.717, 1.165) is 22.6 Å². The molecular formula is C18H15ClNO2. The molecule has 3 nitrogen and oxygen atoms in total. The first-order chi connectivity index (χ1) is 10.6. The first kappa shape index (κ1) is 14.7. The number of ether oxygens (including phenoxy) is 1. The van der Waals surface area contributed by atoms with E-state index in [1.54, 1.807) is 6.07 Å². The molecule has 1 radical (unpaired) electrons. The van der Waals surface area contributed by atoms with Crippen LogP contribution in [0.15, 0.2) is 46.9 Å². The third-order valence-electron chi connectivity index (χ3n) is 3.37. The van der Waals surface area contributed by atoms with E-state index in [1.165, 1.54) is 0 Å². The predicted molar refractivity (Wildman–Crippen MR) is 86.0 cm³/mol. The number of oxazole rings is 1. The van der Waals surface area contributed by atoms with Gasteiger partial charge in [0, 0.05) is 11.6 Å². The third-order valence-corrected chi connectivity index (χ3v) is 3.59. The Kier molecular flexibility index (Phi) is 4.16. The summed E-state index contributed by atoms with van der Waals surface area (Å²) >= 11 is 5.89. The fourth-order valence-corrected chi connectivity index (χ4v) is 2.31. The molecular weight excluding hydrogens is 298 g/mol. The normalized spacial score (nSPS) is 10.7. The van der Waals surface area contributed by atoms with Crippen LogP contribution < -0.4 is 4.74 Å². The van der Waals surface area contributed by atoms with Crippen LogP contribution in [0.3, 0.4) is 0 Å². The van der Waals surface area contributed by atoms with Crippen molar-refractivity contribution in [2.45, 2.75) is 20.5 Å². The van der Waals surface area contributed by atoms with Crippen molar-refractivity contribution in [1.82, 2.24) is 4.98 Å². The summed E-state index contributed by atoms with van der Waals surface area (Å²) in [4.78, 5) is 4.54. The lowest BCUT2D eigenvalue weighted by atomic mass is 10.1. The zero-order chi connectivity index (χ0) is 15.5. The second-order valence-electron chi connectivity index (χ2n) is 4.99. The fourth-order valence-electron chi connectivity index (χ4n) is 2.14. The molecule has 0 atom stereocenters. The van der Waals surface area contributed by atoms with Crippen LogP contribution in [0.1, 0.15) is 17.0 Å². The SMILES string of the molecule is Cc1ccccc1-c1nc(COc2[c]c(Cl)ccc2)c(C)o1. The lowest BCUT2D eigenvalue weighted by Gasteiger charge is -2.03. The number of hydrogen-bond donors (Lipinski definition) is 0. The summed E-state index contributed by atoms with van der Waals surface area (Å²) in [6, 6.07) is 16.3. The first-order valence-corrected chi connectivity index (χ1v) is 7.34. The average molecular weight is 313 g/mol. The van der Waals surface area contributed by atoms with Crippen molar-refractivity contribution in [2.24, 2.45) is 0 Å². The summed E-state index contributed by atoms with van der Waals surface area (Å²) in [6.07, 6.45) is 0. The summed E-state index contributed by atoms with van der Waals surface area (Å²) < 4.78 is 11.4. The molecule has 0 unspecified atom stereocenters. The Labute approximate surface area is 134 Å². The molecule has 0 aliphatic rings. The summed E-state index contributed by atoms with van der Waals surface area (Å²) in [5.74, 6) is 1.96. The van der Waals surface area contributed by atoms with Crippen molar-refractivity contribution < 1.29 is 9.15 Å². The van der Waals surface area contributed by atoms with Gasteiger partial charge in [-0.05, 0) is 37.6 Å². The van der Waals surface area contributed by atoms with Crippen LogP contribution in [-0.4, -0.2) is 4.98 Å². The van der Waals surface area contributed by atoms with Crippen molar-refractivity contribution >= 4 is 11.6 Å². The number of rotatable bonds is 4. The molecule has 0 amide bonds. The molecule has 2 aromatic carbocycles. The Bertz CT molecular complexity index is 795. The Balaban J connectivity index is 1.80. The van der Waals surface area contributed by atoms with Crippen LogP contribution in [0.5, 0.6) is 5.75 Å². The second-order valence-corrected chi connectivity index (χ2v) is 5.40. The highest BCUT2D eigenvalue weighted by Gasteiger charge is 2.13. The van der Waals surface area contributed by atoms with Gasteiger partial charge in [0.25, 0.3) is 0 Å². The van der Waals surface area contributed by atoms with Gasteiger partial charge in [-0.2, -0.15) is 0 Å². The Morgan fingerprint density at radius 1 is 1.14 bits per heavy atom. The molecule has 3 rings (SSSR count). The zero-order valence-corrected chi connectivity index (χ0v) is 13.1. The Hall–Kier alpha value is -2.26. The molecule has 4 heteroatoms. The molecule has 0 aliphatic heterocycles. The molecule has 0 saturated heterocycles. The molecule has 0 aliphatic carbocycles. The van der Waals surface area contributed by atoms with E-state index in [4.69, 9.17) is 20.8 Å². The van der Waals surface area contributed by atoms with Gasteiger partial charge in [-0.1, -0.05) is 35.9 Å².